The SMILES string of the molecule is CS(=O)(=O)N1CCN(Cc2ccc3c(c2)CC[C@H](n2cnc4cc(-c5ccoc5)sc4c2=O)C3)CC1. The second-order valence-electron chi connectivity index (χ2n) is 9.73. The van der Waals surface area contributed by atoms with Crippen LogP contribution in [0.4, 0.5) is 0 Å². The highest BCUT2D eigenvalue weighted by molar-refractivity contribution is 7.88. The second-order valence-corrected chi connectivity index (χ2v) is 12.8. The number of sulfonamides is 1. The molecular formula is C26H28N4O4S2. The highest BCUT2D eigenvalue weighted by atomic mass is 32.2. The third-order valence-corrected chi connectivity index (χ3v) is 9.81. The molecule has 4 aromatic rings. The van der Waals surface area contributed by atoms with Crippen LogP contribution in [0.3, 0.4) is 0 Å². The monoisotopic (exact) mass is 524 g/mol. The zero-order chi connectivity index (χ0) is 24.9. The smallest absolute Gasteiger partial charge is 0.271 e. The van der Waals surface area contributed by atoms with Gasteiger partial charge in [-0.3, -0.25) is 14.3 Å². The molecule has 1 aromatic carbocycles. The number of fused-ring (bicyclic) bond motifs is 2. The molecule has 1 aliphatic carbocycles. The maximum Gasteiger partial charge on any atom is 0.271 e. The Kier molecular flexibility index (Phi) is 6.07. The molecule has 0 N–H and O–H groups in total. The van der Waals surface area contributed by atoms with Gasteiger partial charge in [0.1, 0.15) is 4.70 Å². The molecule has 1 atom stereocenters. The third-order valence-electron chi connectivity index (χ3n) is 7.34. The molecule has 1 saturated heterocycles. The van der Waals surface area contributed by atoms with Crippen LogP contribution in [0.1, 0.15) is 29.2 Å². The van der Waals surface area contributed by atoms with Gasteiger partial charge in [0.2, 0.25) is 10.0 Å². The molecule has 8 nitrogen and oxygen atoms in total. The number of hydrogen-bond acceptors (Lipinski definition) is 7. The summed E-state index contributed by atoms with van der Waals surface area (Å²) in [5.74, 6) is 0. The lowest BCUT2D eigenvalue weighted by molar-refractivity contribution is 0.182. The van der Waals surface area contributed by atoms with Gasteiger partial charge < -0.3 is 4.42 Å². The van der Waals surface area contributed by atoms with E-state index in [0.29, 0.717) is 17.8 Å². The summed E-state index contributed by atoms with van der Waals surface area (Å²) in [6.45, 7) is 3.41. The Morgan fingerprint density at radius 1 is 1.11 bits per heavy atom. The number of rotatable bonds is 5. The Balaban J connectivity index is 1.16. The fourth-order valence-electron chi connectivity index (χ4n) is 5.33. The van der Waals surface area contributed by atoms with E-state index in [9.17, 15) is 13.2 Å². The van der Waals surface area contributed by atoms with E-state index in [1.807, 2.05) is 16.7 Å². The third kappa shape index (κ3) is 4.54. The van der Waals surface area contributed by atoms with Crippen molar-refractivity contribution in [1.82, 2.24) is 18.8 Å². The fourth-order valence-corrected chi connectivity index (χ4v) is 7.19. The first kappa shape index (κ1) is 23.6. The summed E-state index contributed by atoms with van der Waals surface area (Å²) in [4.78, 5) is 21.2. The fraction of sp³-hybridized carbons (Fsp3) is 0.385. The van der Waals surface area contributed by atoms with E-state index in [4.69, 9.17) is 4.42 Å². The molecule has 1 fully saturated rings. The average Bonchev–Trinajstić information content (AvgIpc) is 3.54. The van der Waals surface area contributed by atoms with Crippen LogP contribution in [0.15, 0.2) is 58.4 Å². The minimum atomic E-state index is -3.11. The van der Waals surface area contributed by atoms with Crippen molar-refractivity contribution in [1.29, 1.82) is 0 Å². The van der Waals surface area contributed by atoms with Crippen molar-refractivity contribution < 1.29 is 12.8 Å². The van der Waals surface area contributed by atoms with E-state index in [1.165, 1.54) is 34.3 Å². The molecule has 0 unspecified atom stereocenters. The first-order chi connectivity index (χ1) is 17.3. The molecule has 4 heterocycles. The number of hydrogen-bond donors (Lipinski definition) is 0. The molecule has 6 rings (SSSR count). The number of furan rings is 1. The van der Waals surface area contributed by atoms with Crippen molar-refractivity contribution in [3.63, 3.8) is 0 Å². The van der Waals surface area contributed by atoms with Crippen LogP contribution in [0.2, 0.25) is 0 Å². The van der Waals surface area contributed by atoms with Crippen LogP contribution in [0.5, 0.6) is 0 Å². The summed E-state index contributed by atoms with van der Waals surface area (Å²) in [6, 6.07) is 10.6. The molecule has 0 bridgehead atoms. The summed E-state index contributed by atoms with van der Waals surface area (Å²) in [6.07, 6.45) is 8.94. The van der Waals surface area contributed by atoms with Gasteiger partial charge in [-0.2, -0.15) is 4.31 Å². The zero-order valence-corrected chi connectivity index (χ0v) is 21.7. The minimum absolute atomic E-state index is 0.0260. The molecule has 2 aliphatic rings. The van der Waals surface area contributed by atoms with Gasteiger partial charge in [0, 0.05) is 49.2 Å². The predicted molar refractivity (Wildman–Crippen MR) is 141 cm³/mol. The summed E-state index contributed by atoms with van der Waals surface area (Å²) < 4.78 is 32.8. The number of aromatic nitrogens is 2. The Morgan fingerprint density at radius 2 is 1.94 bits per heavy atom. The van der Waals surface area contributed by atoms with E-state index in [2.05, 4.69) is 28.1 Å². The average molecular weight is 525 g/mol. The largest absolute Gasteiger partial charge is 0.472 e. The lowest BCUT2D eigenvalue weighted by Gasteiger charge is -2.33. The lowest BCUT2D eigenvalue weighted by atomic mass is 9.87. The van der Waals surface area contributed by atoms with Crippen LogP contribution in [0.25, 0.3) is 20.7 Å². The number of nitrogens with zero attached hydrogens (tertiary/aromatic N) is 4. The van der Waals surface area contributed by atoms with Crippen LogP contribution in [-0.4, -0.2) is 59.6 Å². The van der Waals surface area contributed by atoms with Crippen molar-refractivity contribution in [2.24, 2.45) is 0 Å². The number of aryl methyl sites for hydroxylation is 1. The van der Waals surface area contributed by atoms with Gasteiger partial charge in [0.15, 0.2) is 0 Å². The molecule has 0 saturated carbocycles. The van der Waals surface area contributed by atoms with Gasteiger partial charge in [-0.1, -0.05) is 18.2 Å². The van der Waals surface area contributed by atoms with E-state index in [1.54, 1.807) is 23.2 Å². The maximum atomic E-state index is 13.3. The van der Waals surface area contributed by atoms with Gasteiger partial charge in [-0.15, -0.1) is 11.3 Å². The molecular weight excluding hydrogens is 496 g/mol. The van der Waals surface area contributed by atoms with Crippen LogP contribution in [-0.2, 0) is 29.4 Å². The highest BCUT2D eigenvalue weighted by Crippen LogP contribution is 2.33. The number of piperazine rings is 1. The highest BCUT2D eigenvalue weighted by Gasteiger charge is 2.25. The normalized spacial score (nSPS) is 19.5. The molecule has 3 aromatic heterocycles. The Labute approximate surface area is 213 Å². The molecule has 1 aliphatic heterocycles. The topological polar surface area (TPSA) is 88.7 Å². The van der Waals surface area contributed by atoms with Crippen LogP contribution < -0.4 is 5.56 Å². The molecule has 36 heavy (non-hydrogen) atoms. The van der Waals surface area contributed by atoms with E-state index < -0.39 is 10.0 Å². The summed E-state index contributed by atoms with van der Waals surface area (Å²) in [7, 11) is -3.11. The zero-order valence-electron chi connectivity index (χ0n) is 20.1. The summed E-state index contributed by atoms with van der Waals surface area (Å²) >= 11 is 1.47. The second kappa shape index (κ2) is 9.26. The van der Waals surface area contributed by atoms with Gasteiger partial charge in [-0.25, -0.2) is 13.4 Å². The molecule has 188 valence electrons. The quantitative estimate of drug-likeness (QED) is 0.397. The van der Waals surface area contributed by atoms with Crippen LogP contribution >= 0.6 is 11.3 Å². The van der Waals surface area contributed by atoms with Gasteiger partial charge in [0.25, 0.3) is 5.56 Å². The van der Waals surface area contributed by atoms with Crippen molar-refractivity contribution in [3.05, 3.63) is 76.2 Å². The number of thiophene rings is 1. The standard InChI is InChI=1S/C26H28N4O4S2/c1-36(32,33)29-9-7-28(8-10-29)15-18-2-3-20-13-22(5-4-19(20)12-18)30-17-27-23-14-24(21-6-11-34-16-21)35-25(23)26(30)31/h2-3,6,11-12,14,16-17,22H,4-5,7-10,13,15H2,1H3/t22-/m0/s1. The minimum Gasteiger partial charge on any atom is -0.472 e. The van der Waals surface area contributed by atoms with Gasteiger partial charge in [0.05, 0.1) is 30.6 Å². The number of benzene rings is 1. The first-order valence-corrected chi connectivity index (χ1v) is 14.8. The molecule has 0 radical (unpaired) electrons. The summed E-state index contributed by atoms with van der Waals surface area (Å²) in [5, 5.41) is 0. The molecule has 10 heteroatoms. The first-order valence-electron chi connectivity index (χ1n) is 12.2. The molecule has 0 amide bonds. The Bertz CT molecular complexity index is 1570. The predicted octanol–water partition coefficient (Wildman–Crippen LogP) is 3.53. The van der Waals surface area contributed by atoms with Crippen molar-refractivity contribution >= 4 is 31.6 Å². The Morgan fingerprint density at radius 3 is 2.69 bits per heavy atom. The van der Waals surface area contributed by atoms with E-state index in [0.717, 1.165) is 54.9 Å². The lowest BCUT2D eigenvalue weighted by Crippen LogP contribution is -2.47. The van der Waals surface area contributed by atoms with Crippen LogP contribution in [0, 0.1) is 0 Å². The van der Waals surface area contributed by atoms with Crippen molar-refractivity contribution in [2.45, 2.75) is 31.8 Å². The summed E-state index contributed by atoms with van der Waals surface area (Å²) in [5.41, 5.74) is 5.61. The maximum absolute atomic E-state index is 13.3. The van der Waals surface area contributed by atoms with Crippen molar-refractivity contribution in [2.75, 3.05) is 32.4 Å². The van der Waals surface area contributed by atoms with E-state index in [-0.39, 0.29) is 11.6 Å². The van der Waals surface area contributed by atoms with Gasteiger partial charge in [-0.05, 0) is 48.1 Å². The Hall–Kier alpha value is -2.79. The van der Waals surface area contributed by atoms with E-state index >= 15 is 0 Å². The van der Waals surface area contributed by atoms with Crippen molar-refractivity contribution in [3.8, 4) is 10.4 Å². The molecule has 0 spiro atoms. The van der Waals surface area contributed by atoms with Gasteiger partial charge >= 0.3 is 0 Å².